The third-order valence-corrected chi connectivity index (χ3v) is 1.60. The minimum absolute atomic E-state index is 0.484. The van der Waals surface area contributed by atoms with Gasteiger partial charge in [-0.25, -0.2) is 0 Å². The van der Waals surface area contributed by atoms with E-state index in [1.807, 2.05) is 0 Å². The Balaban J connectivity index is 3.22. The Bertz CT molecular complexity index is 426. The van der Waals surface area contributed by atoms with Gasteiger partial charge in [0.2, 0.25) is 5.75 Å². The van der Waals surface area contributed by atoms with Crippen LogP contribution in [0.25, 0.3) is 0 Å². The van der Waals surface area contributed by atoms with Crippen molar-refractivity contribution in [2.75, 3.05) is 0 Å². The van der Waals surface area contributed by atoms with E-state index in [0.29, 0.717) is 0 Å². The van der Waals surface area contributed by atoms with Crippen LogP contribution in [0.5, 0.6) is 23.0 Å². The van der Waals surface area contributed by atoms with Gasteiger partial charge in [0.15, 0.2) is 11.5 Å². The highest BCUT2D eigenvalue weighted by Crippen LogP contribution is 2.39. The van der Waals surface area contributed by atoms with E-state index in [1.165, 1.54) is 0 Å². The fraction of sp³-hybridized carbons (Fsp3) is 0. The van der Waals surface area contributed by atoms with Crippen LogP contribution in [-0.4, -0.2) is 28.3 Å². The number of phenolic OH excluding ortho intramolecular Hbond substituents is 3. The Hall–Kier alpha value is -1.67. The zero-order chi connectivity index (χ0) is 10.9. The van der Waals surface area contributed by atoms with Crippen LogP contribution in [-0.2, 0) is 10.4 Å². The summed E-state index contributed by atoms with van der Waals surface area (Å²) in [6.07, 6.45) is 0. The predicted octanol–water partition coefficient (Wildman–Crippen LogP) is -0.0150. The van der Waals surface area contributed by atoms with Crippen LogP contribution in [0.1, 0.15) is 0 Å². The molecule has 0 spiro atoms. The summed E-state index contributed by atoms with van der Waals surface area (Å²) in [5.74, 6) is -2.98. The summed E-state index contributed by atoms with van der Waals surface area (Å²) in [7, 11) is -4.84. The van der Waals surface area contributed by atoms with Gasteiger partial charge in [0, 0.05) is 12.1 Å². The number of phenols is 3. The molecular weight excluding hydrogens is 216 g/mol. The first kappa shape index (κ1) is 10.4. The zero-order valence-electron chi connectivity index (χ0n) is 6.58. The van der Waals surface area contributed by atoms with Gasteiger partial charge in [0.1, 0.15) is 5.75 Å². The number of rotatable bonds is 2. The van der Waals surface area contributed by atoms with Crippen molar-refractivity contribution in [1.29, 1.82) is 0 Å². The molecule has 0 aliphatic rings. The molecule has 0 bridgehead atoms. The molecule has 0 amide bonds. The molecule has 0 fully saturated rings. The quantitative estimate of drug-likeness (QED) is 0.518. The van der Waals surface area contributed by atoms with Gasteiger partial charge in [0.05, 0.1) is 0 Å². The fourth-order valence-corrected chi connectivity index (χ4v) is 1.16. The lowest BCUT2D eigenvalue weighted by atomic mass is 10.3. The average molecular weight is 222 g/mol. The fourth-order valence-electron chi connectivity index (χ4n) is 0.775. The molecule has 4 N–H and O–H groups in total. The van der Waals surface area contributed by atoms with Gasteiger partial charge in [-0.2, -0.15) is 8.42 Å². The van der Waals surface area contributed by atoms with E-state index < -0.39 is 33.4 Å². The Labute approximate surface area is 78.8 Å². The van der Waals surface area contributed by atoms with Crippen molar-refractivity contribution < 1.29 is 32.5 Å². The van der Waals surface area contributed by atoms with Gasteiger partial charge < -0.3 is 19.5 Å². The third-order valence-electron chi connectivity index (χ3n) is 1.22. The van der Waals surface area contributed by atoms with Crippen LogP contribution in [0, 0.1) is 0 Å². The summed E-state index contributed by atoms with van der Waals surface area (Å²) in [4.78, 5) is 0. The van der Waals surface area contributed by atoms with Crippen molar-refractivity contribution >= 4 is 10.4 Å². The van der Waals surface area contributed by atoms with E-state index in [2.05, 4.69) is 4.18 Å². The van der Waals surface area contributed by atoms with Crippen molar-refractivity contribution in [3.05, 3.63) is 12.1 Å². The van der Waals surface area contributed by atoms with E-state index in [1.54, 1.807) is 0 Å². The maximum absolute atomic E-state index is 10.2. The Kier molecular flexibility index (Phi) is 2.41. The lowest BCUT2D eigenvalue weighted by molar-refractivity contribution is 0.350. The molecule has 1 rings (SSSR count). The molecule has 0 saturated carbocycles. The van der Waals surface area contributed by atoms with E-state index >= 15 is 0 Å². The third kappa shape index (κ3) is 2.41. The summed E-state index contributed by atoms with van der Waals surface area (Å²) in [5, 5.41) is 26.9. The van der Waals surface area contributed by atoms with Crippen LogP contribution >= 0.6 is 0 Å². The van der Waals surface area contributed by atoms with Gasteiger partial charge in [-0.05, 0) is 0 Å². The summed E-state index contributed by atoms with van der Waals surface area (Å²) in [6, 6.07) is 1.47. The summed E-state index contributed by atoms with van der Waals surface area (Å²) < 4.78 is 32.6. The summed E-state index contributed by atoms with van der Waals surface area (Å²) >= 11 is 0. The monoisotopic (exact) mass is 222 g/mol. The van der Waals surface area contributed by atoms with E-state index in [4.69, 9.17) is 19.9 Å². The Morgan fingerprint density at radius 2 is 1.50 bits per heavy atom. The second kappa shape index (κ2) is 3.24. The molecule has 0 saturated heterocycles. The number of hydrogen-bond donors (Lipinski definition) is 4. The topological polar surface area (TPSA) is 124 Å². The molecule has 8 heteroatoms. The predicted molar refractivity (Wildman–Crippen MR) is 43.6 cm³/mol. The SMILES string of the molecule is O=S(=O)(O)Oc1c(O)cc(O)cc1O. The molecule has 0 radical (unpaired) electrons. The average Bonchev–Trinajstić information content (AvgIpc) is 1.95. The molecule has 0 heterocycles. The van der Waals surface area contributed by atoms with Crippen LogP contribution in [0.2, 0.25) is 0 Å². The van der Waals surface area contributed by atoms with E-state index in [0.717, 1.165) is 12.1 Å². The Morgan fingerprint density at radius 1 is 1.07 bits per heavy atom. The normalized spacial score (nSPS) is 11.2. The lowest BCUT2D eigenvalue weighted by Crippen LogP contribution is -2.06. The summed E-state index contributed by atoms with van der Waals surface area (Å²) in [5.41, 5.74) is 0. The molecule has 1 aromatic rings. The first-order valence-corrected chi connectivity index (χ1v) is 4.58. The van der Waals surface area contributed by atoms with Crippen molar-refractivity contribution in [3.8, 4) is 23.0 Å². The summed E-state index contributed by atoms with van der Waals surface area (Å²) in [6.45, 7) is 0. The van der Waals surface area contributed by atoms with Crippen LogP contribution < -0.4 is 4.18 Å². The number of hydrogen-bond acceptors (Lipinski definition) is 6. The minimum Gasteiger partial charge on any atom is -0.508 e. The number of benzene rings is 1. The standard InChI is InChI=1S/C6H6O7S/c7-3-1-4(8)6(5(9)2-3)13-14(10,11)12/h1-2,7-9H,(H,10,11,12). The van der Waals surface area contributed by atoms with Crippen molar-refractivity contribution in [2.24, 2.45) is 0 Å². The molecule has 78 valence electrons. The van der Waals surface area contributed by atoms with Crippen LogP contribution in [0.15, 0.2) is 12.1 Å². The second-order valence-corrected chi connectivity index (χ2v) is 3.35. The van der Waals surface area contributed by atoms with Crippen molar-refractivity contribution in [2.45, 2.75) is 0 Å². The van der Waals surface area contributed by atoms with E-state index in [9.17, 15) is 8.42 Å². The highest BCUT2D eigenvalue weighted by molar-refractivity contribution is 7.81. The highest BCUT2D eigenvalue weighted by Gasteiger charge is 2.17. The molecule has 7 nitrogen and oxygen atoms in total. The maximum atomic E-state index is 10.2. The molecule has 0 aliphatic carbocycles. The molecule has 0 aromatic heterocycles. The van der Waals surface area contributed by atoms with Gasteiger partial charge in [-0.1, -0.05) is 0 Å². The zero-order valence-corrected chi connectivity index (χ0v) is 7.39. The molecule has 14 heavy (non-hydrogen) atoms. The number of aromatic hydroxyl groups is 3. The smallest absolute Gasteiger partial charge is 0.446 e. The molecule has 0 unspecified atom stereocenters. The van der Waals surface area contributed by atoms with Gasteiger partial charge in [-0.15, -0.1) is 0 Å². The lowest BCUT2D eigenvalue weighted by Gasteiger charge is -2.06. The minimum atomic E-state index is -4.84. The first-order valence-electron chi connectivity index (χ1n) is 3.21. The van der Waals surface area contributed by atoms with Crippen LogP contribution in [0.4, 0.5) is 0 Å². The largest absolute Gasteiger partial charge is 0.508 e. The first-order chi connectivity index (χ1) is 6.29. The molecule has 0 atom stereocenters. The molecular formula is C6H6O7S. The van der Waals surface area contributed by atoms with Gasteiger partial charge >= 0.3 is 10.4 Å². The molecule has 0 aliphatic heterocycles. The molecule has 1 aromatic carbocycles. The van der Waals surface area contributed by atoms with Crippen molar-refractivity contribution in [3.63, 3.8) is 0 Å². The van der Waals surface area contributed by atoms with Crippen molar-refractivity contribution in [1.82, 2.24) is 0 Å². The van der Waals surface area contributed by atoms with Crippen LogP contribution in [0.3, 0.4) is 0 Å². The maximum Gasteiger partial charge on any atom is 0.446 e. The van der Waals surface area contributed by atoms with Gasteiger partial charge in [0.25, 0.3) is 0 Å². The van der Waals surface area contributed by atoms with Gasteiger partial charge in [-0.3, -0.25) is 4.55 Å². The second-order valence-electron chi connectivity index (χ2n) is 2.32. The van der Waals surface area contributed by atoms with E-state index in [-0.39, 0.29) is 0 Å². The Morgan fingerprint density at radius 3 is 1.86 bits per heavy atom. The highest BCUT2D eigenvalue weighted by atomic mass is 32.3.